The van der Waals surface area contributed by atoms with Crippen molar-refractivity contribution in [1.82, 2.24) is 20.0 Å². The highest BCUT2D eigenvalue weighted by Gasteiger charge is 2.31. The lowest BCUT2D eigenvalue weighted by atomic mass is 9.97. The summed E-state index contributed by atoms with van der Waals surface area (Å²) in [4.78, 5) is 7.87. The molecule has 0 saturated carbocycles. The summed E-state index contributed by atoms with van der Waals surface area (Å²) in [6, 6.07) is 13.2. The summed E-state index contributed by atoms with van der Waals surface area (Å²) in [5.41, 5.74) is 1.47. The van der Waals surface area contributed by atoms with Gasteiger partial charge in [-0.15, -0.1) is 0 Å². The number of rotatable bonds is 5. The first-order valence-corrected chi connectivity index (χ1v) is 10.2. The summed E-state index contributed by atoms with van der Waals surface area (Å²) in [7, 11) is 2.25. The smallest absolute Gasteiger partial charge is 0.0476 e. The van der Waals surface area contributed by atoms with Crippen molar-refractivity contribution in [2.75, 3.05) is 52.9 Å². The molecular formula is C21H34N4. The maximum Gasteiger partial charge on any atom is 0.0476 e. The van der Waals surface area contributed by atoms with Crippen molar-refractivity contribution in [3.05, 3.63) is 35.9 Å². The fourth-order valence-corrected chi connectivity index (χ4v) is 5.04. The lowest BCUT2D eigenvalue weighted by Gasteiger charge is -2.41. The average molecular weight is 343 g/mol. The Morgan fingerprint density at radius 1 is 1.04 bits per heavy atom. The number of likely N-dealkylation sites (N-methyl/N-ethyl adjacent to an activating group) is 1. The van der Waals surface area contributed by atoms with Crippen molar-refractivity contribution in [1.29, 1.82) is 0 Å². The highest BCUT2D eigenvalue weighted by molar-refractivity contribution is 5.20. The number of piperidine rings is 1. The zero-order chi connectivity index (χ0) is 17.1. The number of nitrogens with one attached hydrogen (secondary N) is 1. The van der Waals surface area contributed by atoms with Crippen molar-refractivity contribution < 1.29 is 0 Å². The van der Waals surface area contributed by atoms with E-state index >= 15 is 0 Å². The minimum atomic E-state index is 0.540. The molecule has 0 bridgehead atoms. The molecule has 3 heterocycles. The van der Waals surface area contributed by atoms with Crippen LogP contribution in [-0.2, 0) is 0 Å². The van der Waals surface area contributed by atoms with Crippen LogP contribution in [0, 0.1) is 0 Å². The van der Waals surface area contributed by atoms with Crippen LogP contribution in [0.4, 0.5) is 0 Å². The van der Waals surface area contributed by atoms with Crippen LogP contribution in [-0.4, -0.2) is 79.6 Å². The minimum absolute atomic E-state index is 0.540. The number of benzene rings is 1. The van der Waals surface area contributed by atoms with Crippen LogP contribution in [0.5, 0.6) is 0 Å². The summed E-state index contributed by atoms with van der Waals surface area (Å²) in [6.07, 6.45) is 5.54. The van der Waals surface area contributed by atoms with Gasteiger partial charge >= 0.3 is 0 Å². The van der Waals surface area contributed by atoms with E-state index in [0.717, 1.165) is 31.7 Å². The van der Waals surface area contributed by atoms with Gasteiger partial charge in [0, 0.05) is 50.8 Å². The van der Waals surface area contributed by atoms with E-state index in [1.807, 2.05) is 0 Å². The van der Waals surface area contributed by atoms with Gasteiger partial charge in [-0.05, 0) is 51.4 Å². The van der Waals surface area contributed by atoms with Crippen molar-refractivity contribution in [2.45, 2.75) is 43.8 Å². The van der Waals surface area contributed by atoms with E-state index < -0.39 is 0 Å². The monoisotopic (exact) mass is 342 g/mol. The van der Waals surface area contributed by atoms with Gasteiger partial charge in [-0.2, -0.15) is 0 Å². The molecule has 25 heavy (non-hydrogen) atoms. The Balaban J connectivity index is 1.29. The third-order valence-electron chi connectivity index (χ3n) is 6.53. The highest BCUT2D eigenvalue weighted by Crippen LogP contribution is 2.27. The van der Waals surface area contributed by atoms with Gasteiger partial charge in [0.25, 0.3) is 0 Å². The van der Waals surface area contributed by atoms with Crippen molar-refractivity contribution in [3.63, 3.8) is 0 Å². The van der Waals surface area contributed by atoms with Crippen LogP contribution in [0.25, 0.3) is 0 Å². The molecule has 0 aromatic heterocycles. The zero-order valence-electron chi connectivity index (χ0n) is 15.7. The topological polar surface area (TPSA) is 21.8 Å². The highest BCUT2D eigenvalue weighted by atomic mass is 15.3. The molecule has 1 aromatic rings. The molecule has 3 saturated heterocycles. The second-order valence-corrected chi connectivity index (χ2v) is 8.23. The fraction of sp³-hybridized carbons (Fsp3) is 0.714. The molecule has 3 aliphatic heterocycles. The molecule has 3 atom stereocenters. The van der Waals surface area contributed by atoms with Crippen LogP contribution in [0.2, 0.25) is 0 Å². The van der Waals surface area contributed by atoms with Crippen molar-refractivity contribution in [3.8, 4) is 0 Å². The minimum Gasteiger partial charge on any atom is -0.313 e. The Kier molecular flexibility index (Phi) is 5.71. The van der Waals surface area contributed by atoms with Gasteiger partial charge in [0.1, 0.15) is 0 Å². The molecule has 4 heteroatoms. The standard InChI is InChI=1S/C21H34N4/c1-23-14-15-25(21(17-23)18-6-3-2-4-7-18)13-10-22-19-9-12-24-11-5-8-20(24)16-19/h2-4,6-7,19-22H,5,8-17H2,1H3/t19-,20-,21+/m1/s1. The predicted molar refractivity (Wildman–Crippen MR) is 104 cm³/mol. The first kappa shape index (κ1) is 17.5. The second-order valence-electron chi connectivity index (χ2n) is 8.23. The number of hydrogen-bond acceptors (Lipinski definition) is 4. The lowest BCUT2D eigenvalue weighted by molar-refractivity contribution is 0.0878. The van der Waals surface area contributed by atoms with E-state index in [-0.39, 0.29) is 0 Å². The average Bonchev–Trinajstić information content (AvgIpc) is 3.11. The molecule has 3 aliphatic rings. The molecule has 0 spiro atoms. The van der Waals surface area contributed by atoms with Gasteiger partial charge in [-0.3, -0.25) is 4.90 Å². The van der Waals surface area contributed by atoms with Crippen molar-refractivity contribution >= 4 is 0 Å². The maximum absolute atomic E-state index is 3.88. The Bertz CT molecular complexity index is 534. The van der Waals surface area contributed by atoms with Crippen LogP contribution in [0.1, 0.15) is 37.3 Å². The van der Waals surface area contributed by atoms with Gasteiger partial charge in [-0.25, -0.2) is 0 Å². The second kappa shape index (κ2) is 8.17. The van der Waals surface area contributed by atoms with E-state index in [2.05, 4.69) is 57.4 Å². The summed E-state index contributed by atoms with van der Waals surface area (Å²) in [5, 5.41) is 3.88. The van der Waals surface area contributed by atoms with Crippen LogP contribution in [0.15, 0.2) is 30.3 Å². The largest absolute Gasteiger partial charge is 0.313 e. The van der Waals surface area contributed by atoms with E-state index in [1.54, 1.807) is 0 Å². The van der Waals surface area contributed by atoms with Gasteiger partial charge < -0.3 is 15.1 Å². The molecule has 1 N–H and O–H groups in total. The number of fused-ring (bicyclic) bond motifs is 1. The number of piperazine rings is 1. The molecule has 0 aliphatic carbocycles. The Morgan fingerprint density at radius 2 is 1.92 bits per heavy atom. The van der Waals surface area contributed by atoms with E-state index in [9.17, 15) is 0 Å². The summed E-state index contributed by atoms with van der Waals surface area (Å²) in [6.45, 7) is 8.46. The lowest BCUT2D eigenvalue weighted by Crippen LogP contribution is -2.50. The van der Waals surface area contributed by atoms with Gasteiger partial charge in [0.05, 0.1) is 0 Å². The fourth-order valence-electron chi connectivity index (χ4n) is 5.04. The Morgan fingerprint density at radius 3 is 2.80 bits per heavy atom. The SMILES string of the molecule is CN1CCN(CCN[C@@H]2CCN3CCC[C@@H]3C2)[C@H](c2ccccc2)C1. The van der Waals surface area contributed by atoms with E-state index in [4.69, 9.17) is 0 Å². The summed E-state index contributed by atoms with van der Waals surface area (Å²) in [5.74, 6) is 0. The molecular weight excluding hydrogens is 308 g/mol. The summed E-state index contributed by atoms with van der Waals surface area (Å²) >= 11 is 0. The molecule has 4 nitrogen and oxygen atoms in total. The molecule has 0 radical (unpaired) electrons. The van der Waals surface area contributed by atoms with Gasteiger partial charge in [0.15, 0.2) is 0 Å². The van der Waals surface area contributed by atoms with Crippen LogP contribution in [0.3, 0.4) is 0 Å². The quantitative estimate of drug-likeness (QED) is 0.885. The first-order valence-electron chi connectivity index (χ1n) is 10.2. The number of nitrogens with zero attached hydrogens (tertiary/aromatic N) is 3. The normalized spacial score (nSPS) is 32.0. The molecule has 138 valence electrons. The Hall–Kier alpha value is -0.940. The number of hydrogen-bond donors (Lipinski definition) is 1. The zero-order valence-corrected chi connectivity index (χ0v) is 15.7. The van der Waals surface area contributed by atoms with Gasteiger partial charge in [-0.1, -0.05) is 30.3 Å². The molecule has 0 amide bonds. The van der Waals surface area contributed by atoms with E-state index in [0.29, 0.717) is 6.04 Å². The molecule has 3 fully saturated rings. The molecule has 4 rings (SSSR count). The van der Waals surface area contributed by atoms with Crippen molar-refractivity contribution in [2.24, 2.45) is 0 Å². The summed E-state index contributed by atoms with van der Waals surface area (Å²) < 4.78 is 0. The first-order chi connectivity index (χ1) is 12.3. The van der Waals surface area contributed by atoms with E-state index in [1.165, 1.54) is 57.4 Å². The molecule has 0 unspecified atom stereocenters. The molecule has 1 aromatic carbocycles. The Labute approximate surface area is 153 Å². The van der Waals surface area contributed by atoms with Crippen LogP contribution < -0.4 is 5.32 Å². The third-order valence-corrected chi connectivity index (χ3v) is 6.53. The maximum atomic E-state index is 3.88. The van der Waals surface area contributed by atoms with Gasteiger partial charge in [0.2, 0.25) is 0 Å². The van der Waals surface area contributed by atoms with Crippen LogP contribution >= 0.6 is 0 Å². The third kappa shape index (κ3) is 4.25. The predicted octanol–water partition coefficient (Wildman–Crippen LogP) is 2.19.